The van der Waals surface area contributed by atoms with Crippen molar-refractivity contribution in [2.24, 2.45) is 22.7 Å². The van der Waals surface area contributed by atoms with Crippen molar-refractivity contribution in [1.29, 1.82) is 0 Å². The van der Waals surface area contributed by atoms with E-state index in [-0.39, 0.29) is 66.0 Å². The van der Waals surface area contributed by atoms with Crippen LogP contribution in [0.5, 0.6) is 11.5 Å². The number of fused-ring (bicyclic) bond motifs is 6. The van der Waals surface area contributed by atoms with Crippen LogP contribution in [0, 0.1) is 22.7 Å². The van der Waals surface area contributed by atoms with Crippen LogP contribution in [-0.2, 0) is 49.4 Å². The van der Waals surface area contributed by atoms with E-state index in [0.29, 0.717) is 17.9 Å². The van der Waals surface area contributed by atoms with Gasteiger partial charge in [0.1, 0.15) is 24.7 Å². The molecule has 4 amide bonds. The van der Waals surface area contributed by atoms with Crippen molar-refractivity contribution < 1.29 is 38.9 Å². The molecule has 11 nitrogen and oxygen atoms in total. The molecule has 0 saturated heterocycles. The van der Waals surface area contributed by atoms with E-state index in [4.69, 9.17) is 9.47 Å². The third kappa shape index (κ3) is 7.70. The Morgan fingerprint density at radius 3 is 1.91 bits per heavy atom. The van der Waals surface area contributed by atoms with E-state index in [9.17, 15) is 29.4 Å². The number of amides is 4. The maximum Gasteiger partial charge on any atom is 0.407 e. The Bertz CT molecular complexity index is 2070. The second-order valence-electron chi connectivity index (χ2n) is 18.3. The molecule has 0 spiro atoms. The topological polar surface area (TPSA) is 163 Å². The van der Waals surface area contributed by atoms with Gasteiger partial charge in [-0.2, -0.15) is 0 Å². The van der Waals surface area contributed by atoms with E-state index in [1.54, 1.807) is 30.3 Å². The normalized spacial score (nSPS) is 28.9. The zero-order valence-corrected chi connectivity index (χ0v) is 34.5. The number of ether oxygens (including phenoxy) is 2. The van der Waals surface area contributed by atoms with Gasteiger partial charge in [0.25, 0.3) is 0 Å². The van der Waals surface area contributed by atoms with Crippen LogP contribution in [-0.4, -0.2) is 53.3 Å². The first-order chi connectivity index (χ1) is 27.6. The lowest BCUT2D eigenvalue weighted by atomic mass is 9.49. The highest BCUT2D eigenvalue weighted by Crippen LogP contribution is 2.60. The lowest BCUT2D eigenvalue weighted by Gasteiger charge is -2.56. The molecule has 5 N–H and O–H groups in total. The third-order valence-corrected chi connectivity index (χ3v) is 14.6. The summed E-state index contributed by atoms with van der Waals surface area (Å²) in [5, 5.41) is 28.9. The molecular formula is C47H59N3O8. The average molecular weight is 794 g/mol. The van der Waals surface area contributed by atoms with Crippen molar-refractivity contribution in [2.75, 3.05) is 18.5 Å². The minimum atomic E-state index is -0.754. The van der Waals surface area contributed by atoms with Gasteiger partial charge >= 0.3 is 6.09 Å². The van der Waals surface area contributed by atoms with Crippen LogP contribution in [0.25, 0.3) is 0 Å². The van der Waals surface area contributed by atoms with Crippen molar-refractivity contribution in [2.45, 2.75) is 122 Å². The average Bonchev–Trinajstić information content (AvgIpc) is 3.19. The number of carbonyl (C=O) groups excluding carboxylic acids is 4. The SMILES string of the molecule is CC(=O)Nc1ccc(COC(=O)N[C@@H](CO)COc2ccc3c(c2)[C@@]2(C)CCC[C@](C)(C(=O)NC(=O)[C@@]4(C)CCC[C@]5(C)c6cc(O)ccc6CC[C@@H]45)[C@@H]2CC3)cc1. The summed E-state index contributed by atoms with van der Waals surface area (Å²) in [6.07, 6.45) is 7.63. The third-order valence-electron chi connectivity index (χ3n) is 14.6. The van der Waals surface area contributed by atoms with E-state index in [1.807, 2.05) is 32.0 Å². The maximum absolute atomic E-state index is 14.6. The fraction of sp³-hybridized carbons (Fsp3) is 0.532. The smallest absolute Gasteiger partial charge is 0.407 e. The number of phenolic OH excluding ortho intramolecular Hbond substituents is 1. The lowest BCUT2D eigenvalue weighted by Crippen LogP contribution is -2.60. The number of anilines is 1. The summed E-state index contributed by atoms with van der Waals surface area (Å²) in [4.78, 5) is 52.9. The summed E-state index contributed by atoms with van der Waals surface area (Å²) >= 11 is 0. The number of imide groups is 1. The molecular weight excluding hydrogens is 735 g/mol. The van der Waals surface area contributed by atoms with Gasteiger partial charge in [0.15, 0.2) is 0 Å². The standard InChI is InChI=1S/C47H59N3O8/c1-29(52)48-33-14-8-30(9-15-33)27-58-43(56)49-34(26-51)28-57-36-17-11-32-13-19-40-45(3,38(32)25-36)21-7-23-47(40,5)42(55)50-41(54)46(4)22-6-20-44(2)37-24-35(53)16-10-31(37)12-18-39(44)46/h8-11,14-17,24-25,34,39-40,51,53H,6-7,12-13,18-23,26-28H2,1-5H3,(H,48,52)(H,49,56)(H,50,54,55)/t34-,39+,40+,44+,45+,46-,47-/m0/s1. The quantitative estimate of drug-likeness (QED) is 0.133. The second kappa shape index (κ2) is 16.0. The van der Waals surface area contributed by atoms with Crippen LogP contribution >= 0.6 is 0 Å². The number of aliphatic hydroxyl groups excluding tert-OH is 1. The first-order valence-corrected chi connectivity index (χ1v) is 20.9. The van der Waals surface area contributed by atoms with Crippen molar-refractivity contribution >= 4 is 29.5 Å². The van der Waals surface area contributed by atoms with Crippen molar-refractivity contribution in [3.05, 3.63) is 88.5 Å². The number of hydrogen-bond donors (Lipinski definition) is 5. The Kier molecular flexibility index (Phi) is 11.4. The van der Waals surface area contributed by atoms with Gasteiger partial charge in [0.05, 0.1) is 23.5 Å². The Balaban J connectivity index is 1.00. The van der Waals surface area contributed by atoms with Gasteiger partial charge < -0.3 is 30.3 Å². The summed E-state index contributed by atoms with van der Waals surface area (Å²) in [5.41, 5.74) is 4.06. The predicted octanol–water partition coefficient (Wildman–Crippen LogP) is 7.38. The summed E-state index contributed by atoms with van der Waals surface area (Å²) in [7, 11) is 0. The molecule has 2 fully saturated rings. The minimum Gasteiger partial charge on any atom is -0.508 e. The van der Waals surface area contributed by atoms with Crippen LogP contribution in [0.3, 0.4) is 0 Å². The van der Waals surface area contributed by atoms with Crippen LogP contribution in [0.15, 0.2) is 60.7 Å². The number of aryl methyl sites for hydroxylation is 2. The number of carbonyl (C=O) groups is 4. The highest BCUT2D eigenvalue weighted by molar-refractivity contribution is 6.01. The van der Waals surface area contributed by atoms with E-state index in [0.717, 1.165) is 74.5 Å². The molecule has 0 bridgehead atoms. The van der Waals surface area contributed by atoms with Gasteiger partial charge in [-0.05, 0) is 138 Å². The van der Waals surface area contributed by atoms with E-state index >= 15 is 0 Å². The summed E-state index contributed by atoms with van der Waals surface area (Å²) in [6.45, 7) is 9.69. The van der Waals surface area contributed by atoms with Gasteiger partial charge in [0.2, 0.25) is 17.7 Å². The number of aromatic hydroxyl groups is 1. The lowest BCUT2D eigenvalue weighted by molar-refractivity contribution is -0.150. The Morgan fingerprint density at radius 1 is 0.776 bits per heavy atom. The molecule has 310 valence electrons. The molecule has 4 aliphatic rings. The number of phenols is 1. The van der Waals surface area contributed by atoms with Crippen LogP contribution in [0.2, 0.25) is 0 Å². The first-order valence-electron chi connectivity index (χ1n) is 20.9. The van der Waals surface area contributed by atoms with E-state index in [1.165, 1.54) is 18.1 Å². The number of hydrogen-bond acceptors (Lipinski definition) is 8. The first kappa shape index (κ1) is 41.3. The minimum absolute atomic E-state index is 0.00138. The molecule has 3 aromatic carbocycles. The highest BCUT2D eigenvalue weighted by atomic mass is 16.5. The van der Waals surface area contributed by atoms with Gasteiger partial charge in [-0.15, -0.1) is 0 Å². The van der Waals surface area contributed by atoms with Gasteiger partial charge in [-0.1, -0.05) is 64.8 Å². The summed E-state index contributed by atoms with van der Waals surface area (Å²) in [5.74, 6) is 0.375. The van der Waals surface area contributed by atoms with Crippen molar-refractivity contribution in [3.8, 4) is 11.5 Å². The summed E-state index contributed by atoms with van der Waals surface area (Å²) in [6, 6.07) is 17.9. The van der Waals surface area contributed by atoms with Gasteiger partial charge in [0, 0.05) is 12.6 Å². The number of rotatable bonds is 10. The molecule has 0 aromatic heterocycles. The molecule has 11 heteroatoms. The summed E-state index contributed by atoms with van der Waals surface area (Å²) < 4.78 is 11.5. The molecule has 7 rings (SSSR count). The Morgan fingerprint density at radius 2 is 1.34 bits per heavy atom. The van der Waals surface area contributed by atoms with Gasteiger partial charge in [-0.3, -0.25) is 19.7 Å². The fourth-order valence-electron chi connectivity index (χ4n) is 11.5. The molecule has 0 aliphatic heterocycles. The van der Waals surface area contributed by atoms with Crippen LogP contribution in [0.4, 0.5) is 10.5 Å². The van der Waals surface area contributed by atoms with Crippen LogP contribution in [0.1, 0.15) is 114 Å². The zero-order chi connectivity index (χ0) is 41.5. The fourth-order valence-corrected chi connectivity index (χ4v) is 11.5. The Hall–Kier alpha value is -4.90. The number of aliphatic hydroxyl groups is 1. The van der Waals surface area contributed by atoms with E-state index < -0.39 is 23.0 Å². The highest BCUT2D eigenvalue weighted by Gasteiger charge is 2.58. The molecule has 0 heterocycles. The Labute approximate surface area is 341 Å². The predicted molar refractivity (Wildman–Crippen MR) is 220 cm³/mol. The van der Waals surface area contributed by atoms with Crippen LogP contribution < -0.4 is 20.7 Å². The maximum atomic E-state index is 14.6. The monoisotopic (exact) mass is 793 g/mol. The van der Waals surface area contributed by atoms with Gasteiger partial charge in [-0.25, -0.2) is 4.79 Å². The molecule has 3 aromatic rings. The van der Waals surface area contributed by atoms with Crippen molar-refractivity contribution in [3.63, 3.8) is 0 Å². The second-order valence-corrected chi connectivity index (χ2v) is 18.3. The zero-order valence-electron chi connectivity index (χ0n) is 34.5. The molecule has 7 atom stereocenters. The molecule has 4 aliphatic carbocycles. The molecule has 58 heavy (non-hydrogen) atoms. The molecule has 2 saturated carbocycles. The largest absolute Gasteiger partial charge is 0.508 e. The van der Waals surface area contributed by atoms with Crippen molar-refractivity contribution in [1.82, 2.24) is 10.6 Å². The number of nitrogens with one attached hydrogen (secondary N) is 3. The molecule has 0 radical (unpaired) electrons. The number of benzene rings is 3. The number of alkyl carbamates (subject to hydrolysis) is 1. The van der Waals surface area contributed by atoms with E-state index in [2.05, 4.69) is 41.9 Å². The molecule has 0 unspecified atom stereocenters.